The van der Waals surface area contributed by atoms with Crippen LogP contribution in [0.15, 0.2) is 58.2 Å². The van der Waals surface area contributed by atoms with Gasteiger partial charge in [0.15, 0.2) is 0 Å². The molecule has 7 heteroatoms. The summed E-state index contributed by atoms with van der Waals surface area (Å²) in [6.45, 7) is 0. The number of carboxylic acid groups (broad SMARTS) is 1. The van der Waals surface area contributed by atoms with Crippen molar-refractivity contribution in [2.75, 3.05) is 0 Å². The van der Waals surface area contributed by atoms with Crippen LogP contribution < -0.4 is 0 Å². The molecule has 0 saturated carbocycles. The number of hydrogen-bond donors (Lipinski definition) is 1. The molecule has 3 aromatic rings. The fourth-order valence-corrected chi connectivity index (χ4v) is 2.84. The monoisotopic (exact) mass is 346 g/mol. The first-order chi connectivity index (χ1) is 11.1. The highest BCUT2D eigenvalue weighted by Gasteiger charge is 2.12. The Labute approximate surface area is 141 Å². The van der Waals surface area contributed by atoms with Gasteiger partial charge in [-0.1, -0.05) is 47.6 Å². The summed E-state index contributed by atoms with van der Waals surface area (Å²) >= 11 is 7.48. The van der Waals surface area contributed by atoms with Crippen LogP contribution in [-0.4, -0.2) is 21.3 Å². The number of carbonyl (C=O) groups is 1. The summed E-state index contributed by atoms with van der Waals surface area (Å²) in [4.78, 5) is 10.8. The molecule has 2 aromatic carbocycles. The Morgan fingerprint density at radius 3 is 2.57 bits per heavy atom. The van der Waals surface area contributed by atoms with Crippen LogP contribution in [0.3, 0.4) is 0 Å². The summed E-state index contributed by atoms with van der Waals surface area (Å²) in [6.07, 6.45) is 0. The molecule has 0 aliphatic carbocycles. The molecular weight excluding hydrogens is 336 g/mol. The number of carboxylic acids is 1. The van der Waals surface area contributed by atoms with E-state index in [0.717, 1.165) is 5.56 Å². The van der Waals surface area contributed by atoms with E-state index in [2.05, 4.69) is 10.2 Å². The van der Waals surface area contributed by atoms with Gasteiger partial charge in [-0.15, -0.1) is 10.2 Å². The molecule has 116 valence electrons. The molecule has 0 spiro atoms. The molecule has 0 amide bonds. The highest BCUT2D eigenvalue weighted by atomic mass is 35.5. The Kier molecular flexibility index (Phi) is 4.64. The molecule has 23 heavy (non-hydrogen) atoms. The lowest BCUT2D eigenvalue weighted by Gasteiger charge is -1.99. The predicted octanol–water partition coefficient (Wildman–Crippen LogP) is 4.38. The van der Waals surface area contributed by atoms with Crippen LogP contribution in [0, 0.1) is 0 Å². The van der Waals surface area contributed by atoms with Crippen molar-refractivity contribution in [3.8, 4) is 11.5 Å². The van der Waals surface area contributed by atoms with E-state index in [-0.39, 0.29) is 5.56 Å². The van der Waals surface area contributed by atoms with E-state index in [4.69, 9.17) is 21.1 Å². The van der Waals surface area contributed by atoms with Gasteiger partial charge in [0.1, 0.15) is 0 Å². The lowest BCUT2D eigenvalue weighted by Crippen LogP contribution is -1.95. The van der Waals surface area contributed by atoms with Crippen LogP contribution in [0.4, 0.5) is 0 Å². The average molecular weight is 347 g/mol. The van der Waals surface area contributed by atoms with Gasteiger partial charge >= 0.3 is 5.97 Å². The van der Waals surface area contributed by atoms with Gasteiger partial charge in [-0.3, -0.25) is 0 Å². The molecule has 0 fully saturated rings. The second-order valence-corrected chi connectivity index (χ2v) is 5.98. The Hall–Kier alpha value is -2.31. The van der Waals surface area contributed by atoms with Crippen LogP contribution in [0.5, 0.6) is 0 Å². The highest BCUT2D eigenvalue weighted by Crippen LogP contribution is 2.29. The molecule has 3 rings (SSSR count). The first-order valence-electron chi connectivity index (χ1n) is 6.67. The molecule has 0 aliphatic heterocycles. The SMILES string of the molecule is O=C(O)c1ccc(CSc2nnc(-c3ccccc3Cl)o2)cc1. The number of aromatic nitrogens is 2. The summed E-state index contributed by atoms with van der Waals surface area (Å²) in [6, 6.07) is 13.9. The summed E-state index contributed by atoms with van der Waals surface area (Å²) in [5, 5.41) is 17.8. The second kappa shape index (κ2) is 6.85. The smallest absolute Gasteiger partial charge is 0.335 e. The minimum Gasteiger partial charge on any atom is -0.478 e. The highest BCUT2D eigenvalue weighted by molar-refractivity contribution is 7.98. The van der Waals surface area contributed by atoms with E-state index < -0.39 is 5.97 Å². The van der Waals surface area contributed by atoms with E-state index in [1.54, 1.807) is 30.3 Å². The predicted molar refractivity (Wildman–Crippen MR) is 87.7 cm³/mol. The third-order valence-corrected chi connectivity index (χ3v) is 4.29. The summed E-state index contributed by atoms with van der Waals surface area (Å²) < 4.78 is 5.60. The van der Waals surface area contributed by atoms with E-state index >= 15 is 0 Å². The molecular formula is C16H11ClN2O3S. The van der Waals surface area contributed by atoms with Crippen LogP contribution in [0.2, 0.25) is 5.02 Å². The van der Waals surface area contributed by atoms with Crippen molar-refractivity contribution in [1.82, 2.24) is 10.2 Å². The lowest BCUT2D eigenvalue weighted by atomic mass is 10.1. The molecule has 0 atom stereocenters. The number of halogens is 1. The van der Waals surface area contributed by atoms with Gasteiger partial charge in [-0.25, -0.2) is 4.79 Å². The molecule has 1 N–H and O–H groups in total. The standard InChI is InChI=1S/C16H11ClN2O3S/c17-13-4-2-1-3-12(13)14-18-19-16(22-14)23-9-10-5-7-11(8-6-10)15(20)21/h1-8H,9H2,(H,20,21). The van der Waals surface area contributed by atoms with E-state index in [1.165, 1.54) is 11.8 Å². The Balaban J connectivity index is 1.68. The molecule has 0 bridgehead atoms. The van der Waals surface area contributed by atoms with E-state index in [0.29, 0.717) is 27.5 Å². The molecule has 5 nitrogen and oxygen atoms in total. The summed E-state index contributed by atoms with van der Waals surface area (Å²) in [5.74, 6) is 0.0363. The maximum Gasteiger partial charge on any atom is 0.335 e. The van der Waals surface area contributed by atoms with Crippen LogP contribution in [0.25, 0.3) is 11.5 Å². The number of nitrogens with zero attached hydrogens (tertiary/aromatic N) is 2. The van der Waals surface area contributed by atoms with Crippen molar-refractivity contribution in [2.45, 2.75) is 11.0 Å². The fourth-order valence-electron chi connectivity index (χ4n) is 1.90. The Morgan fingerprint density at radius 1 is 1.13 bits per heavy atom. The van der Waals surface area contributed by atoms with Crippen LogP contribution >= 0.6 is 23.4 Å². The Bertz CT molecular complexity index is 833. The zero-order valence-electron chi connectivity index (χ0n) is 11.8. The molecule has 1 aromatic heterocycles. The number of rotatable bonds is 5. The van der Waals surface area contributed by atoms with Crippen molar-refractivity contribution in [2.24, 2.45) is 0 Å². The quantitative estimate of drug-likeness (QED) is 0.691. The third kappa shape index (κ3) is 3.72. The summed E-state index contributed by atoms with van der Waals surface area (Å²) in [7, 11) is 0. The topological polar surface area (TPSA) is 76.2 Å². The number of hydrogen-bond acceptors (Lipinski definition) is 5. The van der Waals surface area contributed by atoms with Crippen LogP contribution in [-0.2, 0) is 5.75 Å². The van der Waals surface area contributed by atoms with Crippen molar-refractivity contribution >= 4 is 29.3 Å². The van der Waals surface area contributed by atoms with Gasteiger partial charge in [0.2, 0.25) is 5.89 Å². The fraction of sp³-hybridized carbons (Fsp3) is 0.0625. The van der Waals surface area contributed by atoms with Gasteiger partial charge in [0, 0.05) is 5.75 Å². The normalized spacial score (nSPS) is 10.7. The minimum absolute atomic E-state index is 0.262. The van der Waals surface area contributed by atoms with Gasteiger partial charge in [-0.2, -0.15) is 0 Å². The van der Waals surface area contributed by atoms with Gasteiger partial charge < -0.3 is 9.52 Å². The molecule has 0 unspecified atom stereocenters. The first-order valence-corrected chi connectivity index (χ1v) is 8.03. The lowest BCUT2D eigenvalue weighted by molar-refractivity contribution is 0.0697. The minimum atomic E-state index is -0.939. The van der Waals surface area contributed by atoms with E-state index in [9.17, 15) is 4.79 Å². The van der Waals surface area contributed by atoms with Crippen molar-refractivity contribution < 1.29 is 14.3 Å². The second-order valence-electron chi connectivity index (χ2n) is 4.64. The Morgan fingerprint density at radius 2 is 1.87 bits per heavy atom. The van der Waals surface area contributed by atoms with E-state index in [1.807, 2.05) is 18.2 Å². The number of thioether (sulfide) groups is 1. The molecule has 1 heterocycles. The van der Waals surface area contributed by atoms with Gasteiger partial charge in [0.25, 0.3) is 5.22 Å². The number of aromatic carboxylic acids is 1. The maximum atomic E-state index is 10.8. The van der Waals surface area contributed by atoms with Crippen molar-refractivity contribution in [3.63, 3.8) is 0 Å². The molecule has 0 radical (unpaired) electrons. The zero-order valence-corrected chi connectivity index (χ0v) is 13.3. The van der Waals surface area contributed by atoms with Crippen LogP contribution in [0.1, 0.15) is 15.9 Å². The molecule has 0 saturated heterocycles. The first kappa shape index (κ1) is 15.6. The largest absolute Gasteiger partial charge is 0.478 e. The molecule has 0 aliphatic rings. The van der Waals surface area contributed by atoms with Gasteiger partial charge in [0.05, 0.1) is 16.1 Å². The summed E-state index contributed by atoms with van der Waals surface area (Å²) in [5.41, 5.74) is 1.93. The van der Waals surface area contributed by atoms with Gasteiger partial charge in [-0.05, 0) is 29.8 Å². The van der Waals surface area contributed by atoms with Crippen molar-refractivity contribution in [1.29, 1.82) is 0 Å². The van der Waals surface area contributed by atoms with Crippen molar-refractivity contribution in [3.05, 3.63) is 64.7 Å². The average Bonchev–Trinajstić information content (AvgIpc) is 3.02. The number of benzene rings is 2. The third-order valence-electron chi connectivity index (χ3n) is 3.07. The maximum absolute atomic E-state index is 10.8. The zero-order chi connectivity index (χ0) is 16.2.